The van der Waals surface area contributed by atoms with E-state index in [0.29, 0.717) is 22.9 Å². The van der Waals surface area contributed by atoms with Crippen LogP contribution in [0.3, 0.4) is 0 Å². The average molecular weight is 406 g/mol. The van der Waals surface area contributed by atoms with Crippen LogP contribution >= 0.6 is 0 Å². The van der Waals surface area contributed by atoms with E-state index in [0.717, 1.165) is 5.92 Å². The van der Waals surface area contributed by atoms with Crippen molar-refractivity contribution in [2.45, 2.75) is 77.6 Å². The Morgan fingerprint density at radius 2 is 1.87 bits per heavy atom. The quantitative estimate of drug-likeness (QED) is 0.297. The van der Waals surface area contributed by atoms with Crippen molar-refractivity contribution in [1.82, 2.24) is 9.97 Å². The van der Waals surface area contributed by atoms with Gasteiger partial charge in [-0.15, -0.1) is 0 Å². The Balaban J connectivity index is 1.71. The van der Waals surface area contributed by atoms with Crippen molar-refractivity contribution in [3.8, 4) is 23.2 Å². The molecular formula is C25H31N3O2. The zero-order chi connectivity index (χ0) is 21.3. The summed E-state index contributed by atoms with van der Waals surface area (Å²) < 4.78 is 5.43. The molecule has 0 radical (unpaired) electrons. The smallest absolute Gasteiger partial charge is 0.310 e. The lowest BCUT2D eigenvalue weighted by Crippen LogP contribution is -2.14. The fourth-order valence-electron chi connectivity index (χ4n) is 4.25. The first-order valence-electron chi connectivity index (χ1n) is 11.2. The van der Waals surface area contributed by atoms with Crippen LogP contribution in [0.5, 0.6) is 5.75 Å². The van der Waals surface area contributed by atoms with Crippen LogP contribution in [0.1, 0.15) is 88.7 Å². The van der Waals surface area contributed by atoms with E-state index in [9.17, 15) is 10.1 Å². The van der Waals surface area contributed by atoms with E-state index < -0.39 is 0 Å². The van der Waals surface area contributed by atoms with Crippen LogP contribution in [0.25, 0.3) is 11.4 Å². The molecule has 1 heterocycles. The van der Waals surface area contributed by atoms with E-state index >= 15 is 0 Å². The molecule has 0 amide bonds. The van der Waals surface area contributed by atoms with Crippen molar-refractivity contribution >= 4 is 5.97 Å². The number of nitrogens with zero attached hydrogens (tertiary/aromatic N) is 3. The van der Waals surface area contributed by atoms with Crippen LogP contribution in [-0.4, -0.2) is 15.9 Å². The van der Waals surface area contributed by atoms with Gasteiger partial charge in [0.25, 0.3) is 0 Å². The molecule has 3 rings (SSSR count). The minimum atomic E-state index is -0.383. The Bertz CT molecular complexity index is 878. The van der Waals surface area contributed by atoms with Crippen LogP contribution < -0.4 is 4.74 Å². The van der Waals surface area contributed by atoms with Gasteiger partial charge in [0, 0.05) is 18.8 Å². The van der Waals surface area contributed by atoms with Gasteiger partial charge < -0.3 is 4.74 Å². The van der Waals surface area contributed by atoms with Gasteiger partial charge in [0.1, 0.15) is 6.07 Å². The van der Waals surface area contributed by atoms with Crippen LogP contribution in [0, 0.1) is 17.2 Å². The molecule has 0 spiro atoms. The lowest BCUT2D eigenvalue weighted by Gasteiger charge is -2.28. The number of benzene rings is 1. The molecule has 1 aromatic carbocycles. The van der Waals surface area contributed by atoms with E-state index in [2.05, 4.69) is 23.0 Å². The highest BCUT2D eigenvalue weighted by Crippen LogP contribution is 2.38. The first-order chi connectivity index (χ1) is 14.7. The normalized spacial score (nSPS) is 18.6. The fourth-order valence-corrected chi connectivity index (χ4v) is 4.25. The molecule has 5 nitrogen and oxygen atoms in total. The van der Waals surface area contributed by atoms with Crippen LogP contribution in [0.15, 0.2) is 30.6 Å². The highest BCUT2D eigenvalue weighted by molar-refractivity contribution is 5.78. The van der Waals surface area contributed by atoms with Gasteiger partial charge in [-0.3, -0.25) is 4.79 Å². The number of para-hydroxylation sites is 1. The number of hydrogen-bond donors (Lipinski definition) is 0. The second-order valence-electron chi connectivity index (χ2n) is 8.18. The summed E-state index contributed by atoms with van der Waals surface area (Å²) in [6, 6.07) is 7.27. The van der Waals surface area contributed by atoms with Gasteiger partial charge in [0.15, 0.2) is 11.6 Å². The van der Waals surface area contributed by atoms with E-state index in [1.807, 2.05) is 12.4 Å². The van der Waals surface area contributed by atoms with Crippen LogP contribution in [0.2, 0.25) is 0 Å². The predicted octanol–water partition coefficient (Wildman–Crippen LogP) is 6.18. The monoisotopic (exact) mass is 405 g/mol. The lowest BCUT2D eigenvalue weighted by atomic mass is 9.77. The summed E-state index contributed by atoms with van der Waals surface area (Å²) in [4.78, 5) is 21.0. The first kappa shape index (κ1) is 22.0. The molecule has 1 saturated carbocycles. The summed E-state index contributed by atoms with van der Waals surface area (Å²) >= 11 is 0. The molecule has 1 aromatic heterocycles. The molecular weight excluding hydrogens is 374 g/mol. The molecule has 158 valence electrons. The molecule has 0 N–H and O–H groups in total. The van der Waals surface area contributed by atoms with Crippen molar-refractivity contribution in [1.29, 1.82) is 5.26 Å². The Morgan fingerprint density at radius 1 is 1.13 bits per heavy atom. The number of aromatic nitrogens is 2. The summed E-state index contributed by atoms with van der Waals surface area (Å²) in [6.45, 7) is 3.98. The largest absolute Gasteiger partial charge is 0.424 e. The third-order valence-corrected chi connectivity index (χ3v) is 6.09. The fraction of sp³-hybridized carbons (Fsp3) is 0.520. The third kappa shape index (κ3) is 5.44. The number of carbonyl (C=O) groups excluding carboxylic acids is 1. The minimum absolute atomic E-state index is 0.236. The second kappa shape index (κ2) is 10.9. The van der Waals surface area contributed by atoms with Gasteiger partial charge in [0.05, 0.1) is 11.1 Å². The molecule has 1 fully saturated rings. The van der Waals surface area contributed by atoms with Gasteiger partial charge in [-0.25, -0.2) is 9.97 Å². The molecule has 0 aliphatic heterocycles. The number of carbonyl (C=O) groups is 1. The Hall–Kier alpha value is -2.74. The first-order valence-corrected chi connectivity index (χ1v) is 11.2. The van der Waals surface area contributed by atoms with Crippen molar-refractivity contribution in [2.24, 2.45) is 5.92 Å². The maximum atomic E-state index is 11.8. The average Bonchev–Trinajstić information content (AvgIpc) is 2.80. The number of nitriles is 1. The van der Waals surface area contributed by atoms with E-state index in [4.69, 9.17) is 4.74 Å². The minimum Gasteiger partial charge on any atom is -0.424 e. The van der Waals surface area contributed by atoms with Crippen LogP contribution in [0.4, 0.5) is 0 Å². The van der Waals surface area contributed by atoms with Gasteiger partial charge in [-0.1, -0.05) is 45.6 Å². The maximum absolute atomic E-state index is 11.8. The summed E-state index contributed by atoms with van der Waals surface area (Å²) in [7, 11) is 0. The highest BCUT2D eigenvalue weighted by atomic mass is 16.5. The van der Waals surface area contributed by atoms with Crippen molar-refractivity contribution in [3.05, 3.63) is 41.7 Å². The molecule has 0 unspecified atom stereocenters. The topological polar surface area (TPSA) is 75.9 Å². The number of hydrogen-bond acceptors (Lipinski definition) is 5. The van der Waals surface area contributed by atoms with Gasteiger partial charge >= 0.3 is 5.97 Å². The predicted molar refractivity (Wildman–Crippen MR) is 117 cm³/mol. The highest BCUT2D eigenvalue weighted by Gasteiger charge is 2.23. The summed E-state index contributed by atoms with van der Waals surface area (Å²) in [5.41, 5.74) is 2.06. The van der Waals surface area contributed by atoms with Gasteiger partial charge in [0.2, 0.25) is 0 Å². The molecule has 1 aliphatic rings. The standard InChI is InChI=1S/C25H31N3O2/c1-3-5-6-8-18-11-13-19(14-12-18)21-16-27-25(28-17-21)22-10-7-9-20(15-26)24(22)30-23(29)4-2/h7,9-10,16-19H,3-6,8,11-14H2,1-2H3. The van der Waals surface area contributed by atoms with Crippen molar-refractivity contribution in [3.63, 3.8) is 0 Å². The van der Waals surface area contributed by atoms with Crippen LogP contribution in [-0.2, 0) is 4.79 Å². The Morgan fingerprint density at radius 3 is 2.50 bits per heavy atom. The Labute approximate surface area is 179 Å². The number of esters is 1. The molecule has 0 saturated heterocycles. The summed E-state index contributed by atoms with van der Waals surface area (Å²) in [5.74, 6) is 1.73. The van der Waals surface area contributed by atoms with E-state index in [-0.39, 0.29) is 18.1 Å². The lowest BCUT2D eigenvalue weighted by molar-refractivity contribution is -0.134. The molecule has 5 heteroatoms. The van der Waals surface area contributed by atoms with Gasteiger partial charge in [-0.05, 0) is 55.2 Å². The molecule has 1 aliphatic carbocycles. The number of rotatable bonds is 8. The molecule has 30 heavy (non-hydrogen) atoms. The summed E-state index contributed by atoms with van der Waals surface area (Å²) in [5, 5.41) is 9.40. The summed E-state index contributed by atoms with van der Waals surface area (Å²) in [6.07, 6.45) is 14.4. The number of unbranched alkanes of at least 4 members (excludes halogenated alkanes) is 2. The molecule has 0 bridgehead atoms. The van der Waals surface area contributed by atoms with Crippen molar-refractivity contribution < 1.29 is 9.53 Å². The maximum Gasteiger partial charge on any atom is 0.310 e. The van der Waals surface area contributed by atoms with Gasteiger partial charge in [-0.2, -0.15) is 5.26 Å². The zero-order valence-electron chi connectivity index (χ0n) is 18.1. The Kier molecular flexibility index (Phi) is 7.96. The molecule has 2 aromatic rings. The molecule has 0 atom stereocenters. The SMILES string of the molecule is CCCCCC1CCC(c2cnc(-c3cccc(C#N)c3OC(=O)CC)nc2)CC1. The van der Waals surface area contributed by atoms with E-state index in [1.165, 1.54) is 56.9 Å². The zero-order valence-corrected chi connectivity index (χ0v) is 18.1. The number of ether oxygens (including phenoxy) is 1. The van der Waals surface area contributed by atoms with E-state index in [1.54, 1.807) is 25.1 Å². The second-order valence-corrected chi connectivity index (χ2v) is 8.18. The van der Waals surface area contributed by atoms with Crippen molar-refractivity contribution in [2.75, 3.05) is 0 Å². The third-order valence-electron chi connectivity index (χ3n) is 6.09.